The molecule has 0 saturated heterocycles. The van der Waals surface area contributed by atoms with E-state index in [-0.39, 0.29) is 0 Å². The molecule has 1 aromatic carbocycles. The maximum Gasteiger partial charge on any atom is 0.132 e. The third-order valence-corrected chi connectivity index (χ3v) is 2.71. The highest BCUT2D eigenvalue weighted by Gasteiger charge is 2.02. The summed E-state index contributed by atoms with van der Waals surface area (Å²) in [5.41, 5.74) is 3.31. The molecule has 0 amide bonds. The molecule has 2 rings (SSSR count). The summed E-state index contributed by atoms with van der Waals surface area (Å²) in [6.45, 7) is 4.14. The van der Waals surface area contributed by atoms with Gasteiger partial charge in [0.05, 0.1) is 5.52 Å². The zero-order valence-electron chi connectivity index (χ0n) is 8.34. The molecular weight excluding hydrogens is 194 g/mol. The Balaban J connectivity index is 2.73. The van der Waals surface area contributed by atoms with Crippen LogP contribution in [0.1, 0.15) is 18.1 Å². The summed E-state index contributed by atoms with van der Waals surface area (Å²) in [5, 5.41) is 1.79. The van der Waals surface area contributed by atoms with E-state index in [1.807, 2.05) is 0 Å². The fraction of sp³-hybridized carbons (Fsp3) is 0.250. The topological polar surface area (TPSA) is 12.9 Å². The van der Waals surface area contributed by atoms with Gasteiger partial charge in [-0.2, -0.15) is 0 Å². The van der Waals surface area contributed by atoms with Gasteiger partial charge in [0.1, 0.15) is 5.15 Å². The van der Waals surface area contributed by atoms with Gasteiger partial charge in [-0.05, 0) is 36.6 Å². The van der Waals surface area contributed by atoms with E-state index >= 15 is 0 Å². The summed E-state index contributed by atoms with van der Waals surface area (Å²) in [6.07, 6.45) is 0.926. The number of rotatable bonds is 1. The van der Waals surface area contributed by atoms with Crippen molar-refractivity contribution in [2.45, 2.75) is 20.3 Å². The first-order valence-electron chi connectivity index (χ1n) is 4.76. The second-order valence-electron chi connectivity index (χ2n) is 3.49. The summed E-state index contributed by atoms with van der Waals surface area (Å²) < 4.78 is 0. The van der Waals surface area contributed by atoms with Crippen molar-refractivity contribution < 1.29 is 0 Å². The lowest BCUT2D eigenvalue weighted by atomic mass is 10.1. The number of pyridine rings is 1. The molecule has 0 aliphatic rings. The van der Waals surface area contributed by atoms with Crippen LogP contribution >= 0.6 is 11.6 Å². The van der Waals surface area contributed by atoms with Crippen LogP contribution in [0.25, 0.3) is 10.9 Å². The Bertz CT molecular complexity index is 477. The van der Waals surface area contributed by atoms with Crippen molar-refractivity contribution in [2.75, 3.05) is 0 Å². The van der Waals surface area contributed by atoms with E-state index in [0.717, 1.165) is 22.9 Å². The van der Waals surface area contributed by atoms with Gasteiger partial charge in [0.2, 0.25) is 0 Å². The standard InChI is InChI=1S/C12H12ClN/c1-3-9-7-10-5-4-8(2)6-11(10)14-12(9)13/h4-7H,3H2,1-2H3. The Hall–Kier alpha value is -1.08. The SMILES string of the molecule is CCc1cc2ccc(C)cc2nc1Cl. The smallest absolute Gasteiger partial charge is 0.132 e. The van der Waals surface area contributed by atoms with Crippen LogP contribution in [0.2, 0.25) is 5.15 Å². The Labute approximate surface area is 88.7 Å². The number of benzene rings is 1. The maximum absolute atomic E-state index is 6.04. The third-order valence-electron chi connectivity index (χ3n) is 2.38. The molecule has 72 valence electrons. The van der Waals surface area contributed by atoms with Crippen LogP contribution in [-0.4, -0.2) is 4.98 Å². The van der Waals surface area contributed by atoms with Crippen LogP contribution in [0, 0.1) is 6.92 Å². The van der Waals surface area contributed by atoms with Crippen LogP contribution in [-0.2, 0) is 6.42 Å². The molecule has 0 aliphatic carbocycles. The molecule has 2 aromatic rings. The number of fused-ring (bicyclic) bond motifs is 1. The Morgan fingerprint density at radius 3 is 2.79 bits per heavy atom. The van der Waals surface area contributed by atoms with Gasteiger partial charge in [0.15, 0.2) is 0 Å². The fourth-order valence-corrected chi connectivity index (χ4v) is 1.82. The molecule has 1 nitrogen and oxygen atoms in total. The first-order valence-corrected chi connectivity index (χ1v) is 5.14. The van der Waals surface area contributed by atoms with Gasteiger partial charge in [-0.1, -0.05) is 30.7 Å². The van der Waals surface area contributed by atoms with Crippen molar-refractivity contribution in [1.29, 1.82) is 0 Å². The molecule has 0 spiro atoms. The monoisotopic (exact) mass is 205 g/mol. The second kappa shape index (κ2) is 3.58. The van der Waals surface area contributed by atoms with Crippen molar-refractivity contribution in [3.05, 3.63) is 40.5 Å². The largest absolute Gasteiger partial charge is 0.236 e. The summed E-state index contributed by atoms with van der Waals surface area (Å²) in [6, 6.07) is 8.36. The molecule has 2 heteroatoms. The van der Waals surface area contributed by atoms with Crippen LogP contribution < -0.4 is 0 Å². The molecule has 0 saturated carbocycles. The first kappa shape index (κ1) is 9.47. The van der Waals surface area contributed by atoms with Crippen molar-refractivity contribution in [2.24, 2.45) is 0 Å². The molecule has 1 aromatic heterocycles. The first-order chi connectivity index (χ1) is 6.70. The van der Waals surface area contributed by atoms with Crippen molar-refractivity contribution >= 4 is 22.5 Å². The number of halogens is 1. The molecule has 0 unspecified atom stereocenters. The molecule has 0 bridgehead atoms. The van der Waals surface area contributed by atoms with Gasteiger partial charge < -0.3 is 0 Å². The number of nitrogens with zero attached hydrogens (tertiary/aromatic N) is 1. The van der Waals surface area contributed by atoms with E-state index in [0.29, 0.717) is 5.15 Å². The van der Waals surface area contributed by atoms with E-state index in [9.17, 15) is 0 Å². The molecule has 0 N–H and O–H groups in total. The lowest BCUT2D eigenvalue weighted by molar-refractivity contribution is 1.12. The quantitative estimate of drug-likeness (QED) is 0.646. The van der Waals surface area contributed by atoms with Crippen LogP contribution in [0.4, 0.5) is 0 Å². The number of hydrogen-bond donors (Lipinski definition) is 0. The highest BCUT2D eigenvalue weighted by molar-refractivity contribution is 6.30. The normalized spacial score (nSPS) is 10.8. The molecule has 0 radical (unpaired) electrons. The predicted octanol–water partition coefficient (Wildman–Crippen LogP) is 3.76. The van der Waals surface area contributed by atoms with Crippen LogP contribution in [0.3, 0.4) is 0 Å². The fourth-order valence-electron chi connectivity index (χ4n) is 1.55. The zero-order chi connectivity index (χ0) is 10.1. The minimum atomic E-state index is 0.630. The summed E-state index contributed by atoms with van der Waals surface area (Å²) in [4.78, 5) is 4.37. The average Bonchev–Trinajstić information content (AvgIpc) is 2.16. The molecule has 14 heavy (non-hydrogen) atoms. The minimum Gasteiger partial charge on any atom is -0.236 e. The predicted molar refractivity (Wildman–Crippen MR) is 60.9 cm³/mol. The number of aromatic nitrogens is 1. The number of aryl methyl sites for hydroxylation is 2. The lowest BCUT2D eigenvalue weighted by Gasteiger charge is -2.04. The van der Waals surface area contributed by atoms with E-state index < -0.39 is 0 Å². The van der Waals surface area contributed by atoms with Crippen LogP contribution in [0.15, 0.2) is 24.3 Å². The molecular formula is C12H12ClN. The Kier molecular flexibility index (Phi) is 2.42. The van der Waals surface area contributed by atoms with Gasteiger partial charge in [0, 0.05) is 5.39 Å². The second-order valence-corrected chi connectivity index (χ2v) is 3.85. The van der Waals surface area contributed by atoms with E-state index in [1.165, 1.54) is 5.56 Å². The molecule has 1 heterocycles. The molecule has 0 atom stereocenters. The average molecular weight is 206 g/mol. The lowest BCUT2D eigenvalue weighted by Crippen LogP contribution is -1.88. The highest BCUT2D eigenvalue weighted by Crippen LogP contribution is 2.21. The van der Waals surface area contributed by atoms with Crippen molar-refractivity contribution in [3.63, 3.8) is 0 Å². The van der Waals surface area contributed by atoms with E-state index in [1.54, 1.807) is 0 Å². The minimum absolute atomic E-state index is 0.630. The van der Waals surface area contributed by atoms with Crippen molar-refractivity contribution in [1.82, 2.24) is 4.98 Å². The van der Waals surface area contributed by atoms with Gasteiger partial charge >= 0.3 is 0 Å². The summed E-state index contributed by atoms with van der Waals surface area (Å²) in [5.74, 6) is 0. The van der Waals surface area contributed by atoms with Gasteiger partial charge in [-0.25, -0.2) is 4.98 Å². The van der Waals surface area contributed by atoms with E-state index in [4.69, 9.17) is 11.6 Å². The summed E-state index contributed by atoms with van der Waals surface area (Å²) >= 11 is 6.04. The third kappa shape index (κ3) is 1.60. The number of hydrogen-bond acceptors (Lipinski definition) is 1. The van der Waals surface area contributed by atoms with Gasteiger partial charge in [-0.15, -0.1) is 0 Å². The Morgan fingerprint density at radius 2 is 2.07 bits per heavy atom. The molecule has 0 aliphatic heterocycles. The van der Waals surface area contributed by atoms with Gasteiger partial charge in [0.25, 0.3) is 0 Å². The molecule has 0 fully saturated rings. The zero-order valence-corrected chi connectivity index (χ0v) is 9.10. The van der Waals surface area contributed by atoms with Crippen LogP contribution in [0.5, 0.6) is 0 Å². The summed E-state index contributed by atoms with van der Waals surface area (Å²) in [7, 11) is 0. The highest BCUT2D eigenvalue weighted by atomic mass is 35.5. The van der Waals surface area contributed by atoms with Crippen molar-refractivity contribution in [3.8, 4) is 0 Å². The van der Waals surface area contributed by atoms with E-state index in [2.05, 4.69) is 43.1 Å². The van der Waals surface area contributed by atoms with Gasteiger partial charge in [-0.3, -0.25) is 0 Å². The maximum atomic E-state index is 6.04. The Morgan fingerprint density at radius 1 is 1.29 bits per heavy atom.